The number of hydrogen-bond acceptors (Lipinski definition) is 6. The van der Waals surface area contributed by atoms with Crippen LogP contribution in [0.15, 0.2) is 42.7 Å². The van der Waals surface area contributed by atoms with E-state index in [9.17, 15) is 5.11 Å². The van der Waals surface area contributed by atoms with Gasteiger partial charge in [0, 0.05) is 30.9 Å². The third-order valence-corrected chi connectivity index (χ3v) is 6.25. The summed E-state index contributed by atoms with van der Waals surface area (Å²) in [4.78, 5) is 2.20. The molecule has 3 heterocycles. The Bertz CT molecular complexity index is 956. The molecule has 1 aliphatic heterocycles. The fourth-order valence-electron chi connectivity index (χ4n) is 4.72. The molecule has 144 valence electrons. The lowest BCUT2D eigenvalue weighted by molar-refractivity contribution is 0.405. The molecule has 7 heteroatoms. The van der Waals surface area contributed by atoms with Gasteiger partial charge in [-0.05, 0) is 54.5 Å². The number of rotatable bonds is 4. The quantitative estimate of drug-likeness (QED) is 0.648. The van der Waals surface area contributed by atoms with Crippen LogP contribution in [-0.2, 0) is 0 Å². The molecular weight excluding hydrogens is 352 g/mol. The SMILES string of the molecule is CN(c1ccc(-c2ccc(-c3cn[nH]c3)cc2O)nn1)C1NCC2CCCC21. The van der Waals surface area contributed by atoms with Gasteiger partial charge in [0.2, 0.25) is 0 Å². The fourth-order valence-corrected chi connectivity index (χ4v) is 4.72. The van der Waals surface area contributed by atoms with E-state index in [1.54, 1.807) is 18.5 Å². The maximum Gasteiger partial charge on any atom is 0.152 e. The summed E-state index contributed by atoms with van der Waals surface area (Å²) >= 11 is 0. The molecule has 28 heavy (non-hydrogen) atoms. The van der Waals surface area contributed by atoms with Crippen molar-refractivity contribution >= 4 is 5.82 Å². The summed E-state index contributed by atoms with van der Waals surface area (Å²) < 4.78 is 0. The standard InChI is InChI=1S/C21H24N6O/c1-27(21-16-4-2-3-14(16)10-22-21)20-8-7-18(25-26-20)17-6-5-13(9-19(17)28)15-11-23-24-12-15/h5-9,11-12,14,16,21-22,28H,2-4,10H2,1H3,(H,23,24). The van der Waals surface area contributed by atoms with Gasteiger partial charge in [0.25, 0.3) is 0 Å². The van der Waals surface area contributed by atoms with Crippen molar-refractivity contribution < 1.29 is 5.11 Å². The third-order valence-electron chi connectivity index (χ3n) is 6.25. The first-order chi connectivity index (χ1) is 13.7. The van der Waals surface area contributed by atoms with Gasteiger partial charge in [-0.3, -0.25) is 10.4 Å². The summed E-state index contributed by atoms with van der Waals surface area (Å²) in [5.41, 5.74) is 3.16. The highest BCUT2D eigenvalue weighted by Gasteiger charge is 2.41. The zero-order valence-electron chi connectivity index (χ0n) is 15.8. The summed E-state index contributed by atoms with van der Waals surface area (Å²) in [5.74, 6) is 2.53. The van der Waals surface area contributed by atoms with Gasteiger partial charge in [-0.25, -0.2) is 0 Å². The first-order valence-electron chi connectivity index (χ1n) is 9.83. The van der Waals surface area contributed by atoms with E-state index in [2.05, 4.69) is 37.7 Å². The molecular formula is C21H24N6O. The van der Waals surface area contributed by atoms with E-state index in [4.69, 9.17) is 0 Å². The Morgan fingerprint density at radius 3 is 2.79 bits per heavy atom. The highest BCUT2D eigenvalue weighted by atomic mass is 16.3. The van der Waals surface area contributed by atoms with Crippen LogP contribution in [0.25, 0.3) is 22.4 Å². The number of aromatic nitrogens is 4. The van der Waals surface area contributed by atoms with Gasteiger partial charge < -0.3 is 10.0 Å². The van der Waals surface area contributed by atoms with Crippen molar-refractivity contribution in [2.75, 3.05) is 18.5 Å². The molecule has 2 aliphatic rings. The summed E-state index contributed by atoms with van der Waals surface area (Å²) in [6.07, 6.45) is 7.81. The molecule has 7 nitrogen and oxygen atoms in total. The number of phenolic OH excluding ortho intramolecular Hbond substituents is 1. The summed E-state index contributed by atoms with van der Waals surface area (Å²) in [7, 11) is 2.08. The average Bonchev–Trinajstić information content (AvgIpc) is 3.45. The summed E-state index contributed by atoms with van der Waals surface area (Å²) in [6.45, 7) is 1.10. The van der Waals surface area contributed by atoms with Crippen LogP contribution in [-0.4, -0.2) is 45.3 Å². The Labute approximate surface area is 163 Å². The highest BCUT2D eigenvalue weighted by molar-refractivity contribution is 5.73. The molecule has 1 saturated carbocycles. The van der Waals surface area contributed by atoms with Crippen LogP contribution >= 0.6 is 0 Å². The lowest BCUT2D eigenvalue weighted by Gasteiger charge is -2.29. The van der Waals surface area contributed by atoms with Crippen LogP contribution in [0.5, 0.6) is 5.75 Å². The van der Waals surface area contributed by atoms with Crippen LogP contribution in [0.3, 0.4) is 0 Å². The number of aromatic amines is 1. The van der Waals surface area contributed by atoms with E-state index < -0.39 is 0 Å². The molecule has 0 spiro atoms. The number of nitrogens with zero attached hydrogens (tertiary/aromatic N) is 4. The number of benzene rings is 1. The van der Waals surface area contributed by atoms with Crippen molar-refractivity contribution in [1.29, 1.82) is 0 Å². The molecule has 1 aliphatic carbocycles. The zero-order valence-corrected chi connectivity index (χ0v) is 15.8. The number of aromatic hydroxyl groups is 1. The second kappa shape index (κ2) is 6.91. The van der Waals surface area contributed by atoms with Crippen LogP contribution in [0.2, 0.25) is 0 Å². The lowest BCUT2D eigenvalue weighted by Crippen LogP contribution is -2.43. The molecule has 3 N–H and O–H groups in total. The minimum absolute atomic E-state index is 0.181. The molecule has 3 aromatic rings. The number of H-pyrrole nitrogens is 1. The maximum atomic E-state index is 10.5. The Hall–Kier alpha value is -2.93. The fraction of sp³-hybridized carbons (Fsp3) is 0.381. The minimum atomic E-state index is 0.181. The van der Waals surface area contributed by atoms with Gasteiger partial charge >= 0.3 is 0 Å². The molecule has 0 amide bonds. The van der Waals surface area contributed by atoms with E-state index in [0.717, 1.165) is 29.4 Å². The Morgan fingerprint density at radius 1 is 1.11 bits per heavy atom. The molecule has 0 bridgehead atoms. The Morgan fingerprint density at radius 2 is 2.04 bits per heavy atom. The first kappa shape index (κ1) is 17.2. The summed E-state index contributed by atoms with van der Waals surface area (Å²) in [5, 5.41) is 29.7. The molecule has 3 unspecified atom stereocenters. The smallest absolute Gasteiger partial charge is 0.152 e. The van der Waals surface area contributed by atoms with Crippen LogP contribution in [0.4, 0.5) is 5.82 Å². The van der Waals surface area contributed by atoms with Gasteiger partial charge in [-0.15, -0.1) is 10.2 Å². The Kier molecular flexibility index (Phi) is 4.24. The average molecular weight is 376 g/mol. The molecule has 5 rings (SSSR count). The van der Waals surface area contributed by atoms with E-state index in [0.29, 0.717) is 23.3 Å². The Balaban J connectivity index is 1.36. The van der Waals surface area contributed by atoms with Crippen LogP contribution < -0.4 is 10.2 Å². The molecule has 0 radical (unpaired) electrons. The van der Waals surface area contributed by atoms with E-state index in [1.807, 2.05) is 24.3 Å². The minimum Gasteiger partial charge on any atom is -0.507 e. The van der Waals surface area contributed by atoms with Gasteiger partial charge in [0.15, 0.2) is 5.82 Å². The van der Waals surface area contributed by atoms with E-state index in [-0.39, 0.29) is 5.75 Å². The molecule has 2 fully saturated rings. The third kappa shape index (κ3) is 2.92. The van der Waals surface area contributed by atoms with Crippen molar-refractivity contribution in [3.8, 4) is 28.1 Å². The van der Waals surface area contributed by atoms with E-state index >= 15 is 0 Å². The summed E-state index contributed by atoms with van der Waals surface area (Å²) in [6, 6.07) is 9.45. The molecule has 3 atom stereocenters. The highest BCUT2D eigenvalue weighted by Crippen LogP contribution is 2.39. The number of anilines is 1. The predicted octanol–water partition coefficient (Wildman–Crippen LogP) is 3.02. The number of nitrogens with one attached hydrogen (secondary N) is 2. The van der Waals surface area contributed by atoms with Crippen molar-refractivity contribution in [2.45, 2.75) is 25.4 Å². The largest absolute Gasteiger partial charge is 0.507 e. The van der Waals surface area contributed by atoms with Crippen LogP contribution in [0, 0.1) is 11.8 Å². The molecule has 1 aromatic carbocycles. The second-order valence-corrected chi connectivity index (χ2v) is 7.81. The zero-order chi connectivity index (χ0) is 19.1. The van der Waals surface area contributed by atoms with Gasteiger partial charge in [-0.2, -0.15) is 5.10 Å². The number of hydrogen-bond donors (Lipinski definition) is 3. The first-order valence-corrected chi connectivity index (χ1v) is 9.83. The second-order valence-electron chi connectivity index (χ2n) is 7.81. The van der Waals surface area contributed by atoms with Gasteiger partial charge in [0.1, 0.15) is 5.75 Å². The van der Waals surface area contributed by atoms with Gasteiger partial charge in [-0.1, -0.05) is 12.5 Å². The van der Waals surface area contributed by atoms with Crippen LogP contribution in [0.1, 0.15) is 19.3 Å². The normalized spacial score (nSPS) is 23.7. The monoisotopic (exact) mass is 376 g/mol. The number of phenols is 1. The van der Waals surface area contributed by atoms with Crippen molar-refractivity contribution in [2.24, 2.45) is 11.8 Å². The van der Waals surface area contributed by atoms with Gasteiger partial charge in [0.05, 0.1) is 18.1 Å². The van der Waals surface area contributed by atoms with Crippen molar-refractivity contribution in [3.05, 3.63) is 42.7 Å². The topological polar surface area (TPSA) is 90.0 Å². The van der Waals surface area contributed by atoms with Crippen molar-refractivity contribution in [1.82, 2.24) is 25.7 Å². The van der Waals surface area contributed by atoms with Crippen molar-refractivity contribution in [3.63, 3.8) is 0 Å². The predicted molar refractivity (Wildman–Crippen MR) is 108 cm³/mol. The maximum absolute atomic E-state index is 10.5. The lowest BCUT2D eigenvalue weighted by atomic mass is 9.97. The molecule has 1 saturated heterocycles. The number of fused-ring (bicyclic) bond motifs is 1. The molecule has 2 aromatic heterocycles. The van der Waals surface area contributed by atoms with E-state index in [1.165, 1.54) is 19.3 Å².